The largest absolute Gasteiger partial charge is 0.252 e. The van der Waals surface area contributed by atoms with Gasteiger partial charge in [-0.15, -0.1) is 0 Å². The van der Waals surface area contributed by atoms with Crippen molar-refractivity contribution in [2.24, 2.45) is 5.92 Å². The SMILES string of the molecule is CC1CN(c2ncccc2Br)S(=O)(=O)C1. The van der Waals surface area contributed by atoms with Gasteiger partial charge < -0.3 is 0 Å². The molecule has 0 N–H and O–H groups in total. The zero-order chi connectivity index (χ0) is 11.1. The summed E-state index contributed by atoms with van der Waals surface area (Å²) in [5.74, 6) is 0.849. The molecule has 1 aliphatic heterocycles. The summed E-state index contributed by atoms with van der Waals surface area (Å²) in [6.07, 6.45) is 1.60. The minimum absolute atomic E-state index is 0.156. The van der Waals surface area contributed by atoms with Gasteiger partial charge >= 0.3 is 0 Å². The maximum Gasteiger partial charge on any atom is 0.236 e. The molecule has 15 heavy (non-hydrogen) atoms. The van der Waals surface area contributed by atoms with Crippen molar-refractivity contribution in [1.29, 1.82) is 0 Å². The van der Waals surface area contributed by atoms with Crippen LogP contribution in [0, 0.1) is 5.92 Å². The molecule has 0 aromatic carbocycles. The highest BCUT2D eigenvalue weighted by molar-refractivity contribution is 9.10. The predicted octanol–water partition coefficient (Wildman–Crippen LogP) is 1.63. The molecule has 1 aromatic rings. The van der Waals surface area contributed by atoms with Gasteiger partial charge in [0, 0.05) is 12.7 Å². The number of aromatic nitrogens is 1. The summed E-state index contributed by atoms with van der Waals surface area (Å²) in [6, 6.07) is 3.56. The van der Waals surface area contributed by atoms with Crippen LogP contribution in [0.4, 0.5) is 5.82 Å². The molecule has 0 radical (unpaired) electrons. The third-order valence-corrected chi connectivity index (χ3v) is 4.89. The van der Waals surface area contributed by atoms with Gasteiger partial charge in [-0.2, -0.15) is 0 Å². The van der Waals surface area contributed by atoms with Gasteiger partial charge in [-0.05, 0) is 34.0 Å². The van der Waals surface area contributed by atoms with Crippen LogP contribution in [-0.2, 0) is 10.0 Å². The van der Waals surface area contributed by atoms with E-state index in [4.69, 9.17) is 0 Å². The fraction of sp³-hybridized carbons (Fsp3) is 0.444. The summed E-state index contributed by atoms with van der Waals surface area (Å²) < 4.78 is 25.7. The molecule has 1 unspecified atom stereocenters. The number of anilines is 1. The van der Waals surface area contributed by atoms with Crippen molar-refractivity contribution < 1.29 is 8.42 Å². The molecule has 1 aliphatic rings. The maximum atomic E-state index is 11.8. The van der Waals surface area contributed by atoms with E-state index < -0.39 is 10.0 Å². The molecule has 1 aromatic heterocycles. The highest BCUT2D eigenvalue weighted by Gasteiger charge is 2.35. The molecule has 82 valence electrons. The first-order valence-electron chi connectivity index (χ1n) is 4.61. The summed E-state index contributed by atoms with van der Waals surface area (Å²) in [5.41, 5.74) is 0. The van der Waals surface area contributed by atoms with Crippen LogP contribution in [0.5, 0.6) is 0 Å². The average molecular weight is 291 g/mol. The number of hydrogen-bond acceptors (Lipinski definition) is 3. The second-order valence-electron chi connectivity index (χ2n) is 3.72. The highest BCUT2D eigenvalue weighted by atomic mass is 79.9. The highest BCUT2D eigenvalue weighted by Crippen LogP contribution is 2.30. The standard InChI is InChI=1S/C9H11BrN2O2S/c1-7-5-12(15(13,14)6-7)9-8(10)3-2-4-11-9/h2-4,7H,5-6H2,1H3. The summed E-state index contributed by atoms with van der Waals surface area (Å²) in [7, 11) is -3.17. The number of sulfonamides is 1. The Balaban J connectivity index is 2.45. The molecule has 1 saturated heterocycles. The molecule has 2 rings (SSSR count). The van der Waals surface area contributed by atoms with Crippen molar-refractivity contribution in [2.75, 3.05) is 16.6 Å². The van der Waals surface area contributed by atoms with Crippen molar-refractivity contribution >= 4 is 31.8 Å². The third-order valence-electron chi connectivity index (χ3n) is 2.28. The van der Waals surface area contributed by atoms with E-state index in [0.717, 1.165) is 0 Å². The smallest absolute Gasteiger partial charge is 0.236 e. The molecular formula is C9H11BrN2O2S. The number of halogens is 1. The second kappa shape index (κ2) is 3.75. The summed E-state index contributed by atoms with van der Waals surface area (Å²) >= 11 is 3.31. The van der Waals surface area contributed by atoms with Gasteiger partial charge in [0.1, 0.15) is 0 Å². The lowest BCUT2D eigenvalue weighted by Crippen LogP contribution is -2.26. The lowest BCUT2D eigenvalue weighted by molar-refractivity contribution is 0.597. The quantitative estimate of drug-likeness (QED) is 0.790. The minimum atomic E-state index is -3.17. The van der Waals surface area contributed by atoms with Crippen molar-refractivity contribution in [2.45, 2.75) is 6.92 Å². The van der Waals surface area contributed by atoms with Gasteiger partial charge in [0.05, 0.1) is 10.2 Å². The Morgan fingerprint density at radius 2 is 2.33 bits per heavy atom. The molecule has 2 heterocycles. The monoisotopic (exact) mass is 290 g/mol. The number of nitrogens with zero attached hydrogens (tertiary/aromatic N) is 2. The first kappa shape index (κ1) is 10.9. The van der Waals surface area contributed by atoms with Crippen molar-refractivity contribution in [3.63, 3.8) is 0 Å². The lowest BCUT2D eigenvalue weighted by Gasteiger charge is -2.16. The predicted molar refractivity (Wildman–Crippen MR) is 62.2 cm³/mol. The van der Waals surface area contributed by atoms with Gasteiger partial charge in [0.15, 0.2) is 5.82 Å². The van der Waals surface area contributed by atoms with Gasteiger partial charge in [-0.25, -0.2) is 13.4 Å². The minimum Gasteiger partial charge on any atom is -0.252 e. The molecule has 4 nitrogen and oxygen atoms in total. The molecule has 1 fully saturated rings. The number of rotatable bonds is 1. The van der Waals surface area contributed by atoms with Crippen molar-refractivity contribution in [3.05, 3.63) is 22.8 Å². The third kappa shape index (κ3) is 2.01. The summed E-state index contributed by atoms with van der Waals surface area (Å²) in [6.45, 7) is 2.44. The Hall–Kier alpha value is -0.620. The topological polar surface area (TPSA) is 50.3 Å². The van der Waals surface area contributed by atoms with E-state index in [-0.39, 0.29) is 11.7 Å². The van der Waals surface area contributed by atoms with Crippen LogP contribution in [0.2, 0.25) is 0 Å². The first-order chi connectivity index (χ1) is 7.00. The van der Waals surface area contributed by atoms with Crippen LogP contribution in [0.3, 0.4) is 0 Å². The van der Waals surface area contributed by atoms with Gasteiger partial charge in [-0.3, -0.25) is 4.31 Å². The van der Waals surface area contributed by atoms with E-state index in [0.29, 0.717) is 16.8 Å². The number of hydrogen-bond donors (Lipinski definition) is 0. The molecule has 0 spiro atoms. The van der Waals surface area contributed by atoms with E-state index in [1.165, 1.54) is 4.31 Å². The van der Waals surface area contributed by atoms with Gasteiger partial charge in [-0.1, -0.05) is 6.92 Å². The van der Waals surface area contributed by atoms with Crippen LogP contribution in [0.1, 0.15) is 6.92 Å². The fourth-order valence-electron chi connectivity index (χ4n) is 1.68. The first-order valence-corrected chi connectivity index (χ1v) is 7.02. The molecule has 1 atom stereocenters. The van der Waals surface area contributed by atoms with Crippen molar-refractivity contribution in [3.8, 4) is 0 Å². The Morgan fingerprint density at radius 3 is 2.87 bits per heavy atom. The summed E-state index contributed by atoms with van der Waals surface area (Å²) in [4.78, 5) is 4.09. The van der Waals surface area contributed by atoms with E-state index in [2.05, 4.69) is 20.9 Å². The molecule has 0 bridgehead atoms. The van der Waals surface area contributed by atoms with E-state index in [1.807, 2.05) is 6.92 Å². The van der Waals surface area contributed by atoms with Crippen LogP contribution >= 0.6 is 15.9 Å². The molecule has 0 saturated carbocycles. The van der Waals surface area contributed by atoms with E-state index in [1.54, 1.807) is 18.3 Å². The van der Waals surface area contributed by atoms with Crippen LogP contribution in [0.25, 0.3) is 0 Å². The Labute approximate surface area is 97.5 Å². The zero-order valence-electron chi connectivity index (χ0n) is 8.22. The van der Waals surface area contributed by atoms with Gasteiger partial charge in [0.25, 0.3) is 0 Å². The van der Waals surface area contributed by atoms with E-state index in [9.17, 15) is 8.42 Å². The average Bonchev–Trinajstić information content (AvgIpc) is 2.40. The maximum absolute atomic E-state index is 11.8. The zero-order valence-corrected chi connectivity index (χ0v) is 10.6. The molecular weight excluding hydrogens is 280 g/mol. The Morgan fingerprint density at radius 1 is 1.60 bits per heavy atom. The Bertz CT molecular complexity index is 475. The fourth-order valence-corrected chi connectivity index (χ4v) is 4.16. The second-order valence-corrected chi connectivity index (χ2v) is 6.52. The molecule has 0 amide bonds. The molecule has 6 heteroatoms. The van der Waals surface area contributed by atoms with E-state index >= 15 is 0 Å². The lowest BCUT2D eigenvalue weighted by atomic mass is 10.2. The normalized spacial score (nSPS) is 24.4. The van der Waals surface area contributed by atoms with Crippen LogP contribution in [-0.4, -0.2) is 25.7 Å². The Kier molecular flexibility index (Phi) is 2.72. The van der Waals surface area contributed by atoms with Crippen LogP contribution in [0.15, 0.2) is 22.8 Å². The molecule has 0 aliphatic carbocycles. The summed E-state index contributed by atoms with van der Waals surface area (Å²) in [5, 5.41) is 0. The van der Waals surface area contributed by atoms with Gasteiger partial charge in [0.2, 0.25) is 10.0 Å². The van der Waals surface area contributed by atoms with Crippen molar-refractivity contribution in [1.82, 2.24) is 4.98 Å². The van der Waals surface area contributed by atoms with Crippen LogP contribution < -0.4 is 4.31 Å². The number of pyridine rings is 1.